The van der Waals surface area contributed by atoms with Crippen LogP contribution >= 0.6 is 0 Å². The van der Waals surface area contributed by atoms with Crippen LogP contribution in [0.1, 0.15) is 55.8 Å². The number of nitrogens with one attached hydrogen (secondary N) is 1. The largest absolute Gasteiger partial charge is 0.454 e. The van der Waals surface area contributed by atoms with Crippen molar-refractivity contribution < 1.29 is 9.47 Å². The van der Waals surface area contributed by atoms with Gasteiger partial charge in [-0.25, -0.2) is 4.99 Å². The number of aromatic nitrogens is 2. The van der Waals surface area contributed by atoms with Gasteiger partial charge in [-0.05, 0) is 63.6 Å². The second-order valence-corrected chi connectivity index (χ2v) is 7.77. The molecule has 0 spiro atoms. The minimum absolute atomic E-state index is 0.342. The van der Waals surface area contributed by atoms with Crippen molar-refractivity contribution in [3.63, 3.8) is 0 Å². The molecule has 2 fully saturated rings. The zero-order valence-electron chi connectivity index (χ0n) is 17.8. The highest BCUT2D eigenvalue weighted by atomic mass is 16.5. The first-order valence-corrected chi connectivity index (χ1v) is 10.7. The van der Waals surface area contributed by atoms with Crippen molar-refractivity contribution in [2.75, 3.05) is 18.5 Å². The number of anilines is 1. The Bertz CT molecular complexity index is 1040. The molecule has 0 bridgehead atoms. The Kier molecular flexibility index (Phi) is 6.48. The van der Waals surface area contributed by atoms with Crippen molar-refractivity contribution in [3.05, 3.63) is 65.5 Å². The third-order valence-electron chi connectivity index (χ3n) is 5.48. The maximum atomic E-state index is 9.11. The molecular weight excluding hydrogens is 390 g/mol. The van der Waals surface area contributed by atoms with Crippen LogP contribution in [0.3, 0.4) is 0 Å². The quantitative estimate of drug-likeness (QED) is 0.374. The van der Waals surface area contributed by atoms with Gasteiger partial charge >= 0.3 is 0 Å². The van der Waals surface area contributed by atoms with Gasteiger partial charge in [-0.15, -0.1) is 0 Å². The van der Waals surface area contributed by atoms with Crippen LogP contribution in [0, 0.1) is 11.3 Å². The van der Waals surface area contributed by atoms with E-state index in [2.05, 4.69) is 27.8 Å². The highest BCUT2D eigenvalue weighted by Gasteiger charge is 2.29. The van der Waals surface area contributed by atoms with Gasteiger partial charge in [0.25, 0.3) is 0 Å². The van der Waals surface area contributed by atoms with Crippen molar-refractivity contribution in [3.8, 4) is 11.8 Å². The van der Waals surface area contributed by atoms with Gasteiger partial charge < -0.3 is 14.8 Å². The summed E-state index contributed by atoms with van der Waals surface area (Å²) < 4.78 is 13.9. The van der Waals surface area contributed by atoms with E-state index in [-0.39, 0.29) is 0 Å². The molecule has 7 heteroatoms. The maximum absolute atomic E-state index is 9.11. The van der Waals surface area contributed by atoms with E-state index in [4.69, 9.17) is 19.8 Å². The Morgan fingerprint density at radius 1 is 1.35 bits per heavy atom. The van der Waals surface area contributed by atoms with Crippen molar-refractivity contribution >= 4 is 12.4 Å². The predicted molar refractivity (Wildman–Crippen MR) is 120 cm³/mol. The van der Waals surface area contributed by atoms with E-state index in [1.807, 2.05) is 31.3 Å². The second kappa shape index (κ2) is 9.63. The molecule has 1 saturated heterocycles. The zero-order chi connectivity index (χ0) is 21.6. The normalized spacial score (nSPS) is 17.8. The minimum atomic E-state index is 0.342. The van der Waals surface area contributed by atoms with Gasteiger partial charge in [0, 0.05) is 30.9 Å². The Morgan fingerprint density at radius 2 is 2.16 bits per heavy atom. The average Bonchev–Trinajstić information content (AvgIpc) is 3.59. The molecular formula is C24H27N5O2. The summed E-state index contributed by atoms with van der Waals surface area (Å²) in [5, 5.41) is 17.2. The van der Waals surface area contributed by atoms with Crippen LogP contribution in [0.15, 0.2) is 59.2 Å². The van der Waals surface area contributed by atoms with Gasteiger partial charge in [0.1, 0.15) is 17.3 Å². The lowest BCUT2D eigenvalue weighted by atomic mass is 9.96. The molecule has 31 heavy (non-hydrogen) atoms. The smallest absolute Gasteiger partial charge is 0.168 e. The first-order chi connectivity index (χ1) is 15.2. The molecule has 0 atom stereocenters. The fourth-order valence-electron chi connectivity index (χ4n) is 3.62. The third-order valence-corrected chi connectivity index (χ3v) is 5.48. The number of nitrogens with zero attached hydrogens (tertiary/aromatic N) is 4. The topological polar surface area (TPSA) is 84.5 Å². The predicted octanol–water partition coefficient (Wildman–Crippen LogP) is 4.92. The monoisotopic (exact) mass is 417 g/mol. The van der Waals surface area contributed by atoms with Gasteiger partial charge in [0.2, 0.25) is 0 Å². The van der Waals surface area contributed by atoms with Crippen LogP contribution < -0.4 is 10.1 Å². The number of aliphatic imine (C=N–C) groups is 1. The van der Waals surface area contributed by atoms with Gasteiger partial charge in [-0.1, -0.05) is 6.07 Å². The molecule has 0 radical (unpaired) electrons. The third kappa shape index (κ3) is 5.22. The van der Waals surface area contributed by atoms with Crippen molar-refractivity contribution in [1.29, 1.82) is 5.26 Å². The number of hydrogen-bond donors (Lipinski definition) is 1. The highest BCUT2D eigenvalue weighted by Crippen LogP contribution is 2.39. The lowest BCUT2D eigenvalue weighted by Gasteiger charge is -2.21. The molecule has 2 aromatic rings. The molecule has 1 aromatic heterocycles. The molecule has 7 nitrogen and oxygen atoms in total. The Balaban J connectivity index is 1.55. The first kappa shape index (κ1) is 20.9. The lowest BCUT2D eigenvalue weighted by Crippen LogP contribution is -2.15. The maximum Gasteiger partial charge on any atom is 0.168 e. The molecule has 4 rings (SSSR count). The standard InChI is InChI=1S/C24H27N5O2/c1-3-21(14-23(26-2)27-19-6-4-5-17(13-19)15-25)31-22-16-29(20-7-8-20)28-24(22)18-9-11-30-12-10-18/h3-6,13-14,16,18,20,27H,2,7-12H2,1H3/b21-3+,23-14+. The van der Waals surface area contributed by atoms with E-state index in [0.29, 0.717) is 29.1 Å². The van der Waals surface area contributed by atoms with Crippen LogP contribution in [0.2, 0.25) is 0 Å². The Hall–Kier alpha value is -3.37. The summed E-state index contributed by atoms with van der Waals surface area (Å²) >= 11 is 0. The van der Waals surface area contributed by atoms with E-state index in [1.54, 1.807) is 18.2 Å². The Morgan fingerprint density at radius 3 is 2.84 bits per heavy atom. The van der Waals surface area contributed by atoms with Gasteiger partial charge in [-0.3, -0.25) is 4.68 Å². The molecule has 0 amide bonds. The van der Waals surface area contributed by atoms with Crippen molar-refractivity contribution in [1.82, 2.24) is 9.78 Å². The van der Waals surface area contributed by atoms with Crippen LogP contribution in [0.4, 0.5) is 5.69 Å². The summed E-state index contributed by atoms with van der Waals surface area (Å²) in [5.74, 6) is 2.31. The van der Waals surface area contributed by atoms with E-state index in [0.717, 1.165) is 43.2 Å². The summed E-state index contributed by atoms with van der Waals surface area (Å²) in [5.41, 5.74) is 2.34. The van der Waals surface area contributed by atoms with Crippen LogP contribution in [-0.2, 0) is 4.74 Å². The van der Waals surface area contributed by atoms with E-state index in [9.17, 15) is 0 Å². The van der Waals surface area contributed by atoms with Crippen LogP contribution in [0.25, 0.3) is 0 Å². The molecule has 160 valence electrons. The van der Waals surface area contributed by atoms with Gasteiger partial charge in [-0.2, -0.15) is 10.4 Å². The molecule has 0 unspecified atom stereocenters. The fraction of sp³-hybridized carbons (Fsp3) is 0.375. The zero-order valence-corrected chi connectivity index (χ0v) is 17.8. The van der Waals surface area contributed by atoms with Crippen molar-refractivity contribution in [2.24, 2.45) is 4.99 Å². The molecule has 1 aliphatic carbocycles. The number of hydrogen-bond acceptors (Lipinski definition) is 6. The summed E-state index contributed by atoms with van der Waals surface area (Å²) in [6.45, 7) is 7.09. The molecule has 1 aromatic carbocycles. The second-order valence-electron chi connectivity index (χ2n) is 7.77. The number of allylic oxidation sites excluding steroid dienone is 2. The van der Waals surface area contributed by atoms with Gasteiger partial charge in [0.15, 0.2) is 5.75 Å². The molecule has 2 aliphatic rings. The molecule has 1 N–H and O–H groups in total. The molecule has 2 heterocycles. The molecule has 1 saturated carbocycles. The number of rotatable bonds is 8. The number of ether oxygens (including phenoxy) is 2. The first-order valence-electron chi connectivity index (χ1n) is 10.7. The fourth-order valence-corrected chi connectivity index (χ4v) is 3.62. The van der Waals surface area contributed by atoms with Crippen LogP contribution in [-0.4, -0.2) is 29.7 Å². The highest BCUT2D eigenvalue weighted by molar-refractivity contribution is 5.54. The van der Waals surface area contributed by atoms with E-state index >= 15 is 0 Å². The van der Waals surface area contributed by atoms with Crippen LogP contribution in [0.5, 0.6) is 5.75 Å². The summed E-state index contributed by atoms with van der Waals surface area (Å²) in [4.78, 5) is 4.08. The summed E-state index contributed by atoms with van der Waals surface area (Å²) in [7, 11) is 0. The van der Waals surface area contributed by atoms with E-state index in [1.165, 1.54) is 12.8 Å². The average molecular weight is 418 g/mol. The number of nitriles is 1. The Labute approximate surface area is 182 Å². The molecule has 1 aliphatic heterocycles. The van der Waals surface area contributed by atoms with Gasteiger partial charge in [0.05, 0.1) is 23.9 Å². The lowest BCUT2D eigenvalue weighted by molar-refractivity contribution is 0.0839. The van der Waals surface area contributed by atoms with E-state index < -0.39 is 0 Å². The number of benzene rings is 1. The van der Waals surface area contributed by atoms with Crippen molar-refractivity contribution in [2.45, 2.75) is 44.6 Å². The summed E-state index contributed by atoms with van der Waals surface area (Å²) in [6, 6.07) is 9.84. The SMILES string of the molecule is C=N/C(=C\C(=C/C)Oc1cn(C2CC2)nc1C1CCOCC1)Nc1cccc(C#N)c1. The minimum Gasteiger partial charge on any atom is -0.454 e. The summed E-state index contributed by atoms with van der Waals surface area (Å²) in [6.07, 6.45) is 9.95.